The van der Waals surface area contributed by atoms with E-state index in [9.17, 15) is 4.79 Å². The zero-order valence-corrected chi connectivity index (χ0v) is 11.4. The third kappa shape index (κ3) is 2.58. The molecule has 0 N–H and O–H groups in total. The topological polar surface area (TPSA) is 29.5 Å². The molecule has 0 radical (unpaired) electrons. The second-order valence-electron chi connectivity index (χ2n) is 5.67. The second-order valence-corrected chi connectivity index (χ2v) is 5.67. The Hall–Kier alpha value is -1.19. The molecule has 19 heavy (non-hydrogen) atoms. The molecule has 3 unspecified atom stereocenters. The zero-order valence-electron chi connectivity index (χ0n) is 11.4. The number of carbonyl (C=O) groups is 1. The molecule has 3 atom stereocenters. The molecule has 1 heterocycles. The lowest BCUT2D eigenvalue weighted by Gasteiger charge is -2.25. The van der Waals surface area contributed by atoms with E-state index in [0.717, 1.165) is 32.1 Å². The number of Topliss-reactive ketones (excluding diaryl/α,β-unsaturated/α-hetero) is 1. The lowest BCUT2D eigenvalue weighted by atomic mass is 9.79. The highest BCUT2D eigenvalue weighted by atomic mass is 16.7. The molecule has 1 aromatic rings. The summed E-state index contributed by atoms with van der Waals surface area (Å²) in [6.07, 6.45) is 4.89. The summed E-state index contributed by atoms with van der Waals surface area (Å²) in [4.78, 5) is 18.0. The van der Waals surface area contributed by atoms with Gasteiger partial charge in [0, 0.05) is 19.5 Å². The van der Waals surface area contributed by atoms with Gasteiger partial charge >= 0.3 is 0 Å². The Kier molecular flexibility index (Phi) is 3.67. The second kappa shape index (κ2) is 5.43. The van der Waals surface area contributed by atoms with E-state index in [2.05, 4.69) is 24.3 Å². The minimum atomic E-state index is 0.0995. The Morgan fingerprint density at radius 3 is 2.89 bits per heavy atom. The predicted octanol–water partition coefficient (Wildman–Crippen LogP) is 2.60. The van der Waals surface area contributed by atoms with Gasteiger partial charge in [0.25, 0.3) is 0 Å². The Morgan fingerprint density at radius 1 is 1.32 bits per heavy atom. The van der Waals surface area contributed by atoms with Crippen molar-refractivity contribution < 1.29 is 9.63 Å². The van der Waals surface area contributed by atoms with Gasteiger partial charge < -0.3 is 0 Å². The number of hydrogen-bond acceptors (Lipinski definition) is 3. The van der Waals surface area contributed by atoms with Crippen molar-refractivity contribution in [2.45, 2.75) is 44.2 Å². The van der Waals surface area contributed by atoms with E-state index in [1.807, 2.05) is 18.2 Å². The molecule has 2 aliphatic rings. The molecule has 0 aromatic heterocycles. The summed E-state index contributed by atoms with van der Waals surface area (Å²) in [5.74, 6) is 0.501. The number of aryl methyl sites for hydroxylation is 1. The molecule has 3 rings (SSSR count). The van der Waals surface area contributed by atoms with Gasteiger partial charge in [-0.05, 0) is 31.2 Å². The minimum absolute atomic E-state index is 0.0995. The summed E-state index contributed by atoms with van der Waals surface area (Å²) >= 11 is 0. The Balaban J connectivity index is 1.67. The number of carbonyl (C=O) groups excluding carboxylic acids is 1. The number of rotatable bonds is 3. The highest BCUT2D eigenvalue weighted by Gasteiger charge is 2.46. The van der Waals surface area contributed by atoms with Gasteiger partial charge in [0.15, 0.2) is 0 Å². The zero-order chi connectivity index (χ0) is 13.2. The molecule has 3 nitrogen and oxygen atoms in total. The summed E-state index contributed by atoms with van der Waals surface area (Å²) in [6.45, 7) is 0. The van der Waals surface area contributed by atoms with Gasteiger partial charge in [-0.1, -0.05) is 30.3 Å². The van der Waals surface area contributed by atoms with Crippen LogP contribution in [0.3, 0.4) is 0 Å². The van der Waals surface area contributed by atoms with Gasteiger partial charge in [-0.3, -0.25) is 9.63 Å². The van der Waals surface area contributed by atoms with Crippen molar-refractivity contribution in [2.75, 3.05) is 7.05 Å². The molecular weight excluding hydrogens is 238 g/mol. The van der Waals surface area contributed by atoms with Crippen LogP contribution in [0.25, 0.3) is 0 Å². The molecule has 1 aliphatic heterocycles. The van der Waals surface area contributed by atoms with Crippen molar-refractivity contribution in [3.8, 4) is 0 Å². The van der Waals surface area contributed by atoms with Crippen LogP contribution in [0.2, 0.25) is 0 Å². The summed E-state index contributed by atoms with van der Waals surface area (Å²) in [7, 11) is 1.97. The van der Waals surface area contributed by atoms with Crippen LogP contribution in [0, 0.1) is 5.92 Å². The molecule has 3 heteroatoms. The Morgan fingerprint density at radius 2 is 2.11 bits per heavy atom. The van der Waals surface area contributed by atoms with E-state index >= 15 is 0 Å². The van der Waals surface area contributed by atoms with Crippen molar-refractivity contribution in [1.29, 1.82) is 0 Å². The minimum Gasteiger partial charge on any atom is -0.299 e. The third-order valence-electron chi connectivity index (χ3n) is 4.44. The molecular formula is C16H21NO2. The van der Waals surface area contributed by atoms with E-state index in [0.29, 0.717) is 5.78 Å². The predicted molar refractivity (Wildman–Crippen MR) is 73.5 cm³/mol. The highest BCUT2D eigenvalue weighted by molar-refractivity contribution is 5.83. The van der Waals surface area contributed by atoms with Crippen molar-refractivity contribution in [3.05, 3.63) is 35.9 Å². The fourth-order valence-electron chi connectivity index (χ4n) is 3.45. The molecule has 2 fully saturated rings. The lowest BCUT2D eigenvalue weighted by Crippen LogP contribution is -2.37. The van der Waals surface area contributed by atoms with Crippen molar-refractivity contribution in [2.24, 2.45) is 5.92 Å². The van der Waals surface area contributed by atoms with E-state index in [1.165, 1.54) is 5.56 Å². The maximum atomic E-state index is 12.1. The first-order valence-corrected chi connectivity index (χ1v) is 7.22. The number of ketones is 1. The average molecular weight is 259 g/mol. The van der Waals surface area contributed by atoms with Gasteiger partial charge in [-0.15, -0.1) is 0 Å². The number of hydrogen-bond donors (Lipinski definition) is 0. The lowest BCUT2D eigenvalue weighted by molar-refractivity contribution is -0.149. The van der Waals surface area contributed by atoms with Crippen LogP contribution in [0.1, 0.15) is 31.2 Å². The van der Waals surface area contributed by atoms with Crippen LogP contribution in [-0.4, -0.2) is 30.0 Å². The Bertz CT molecular complexity index is 445. The molecule has 1 aromatic carbocycles. The van der Waals surface area contributed by atoms with Crippen LogP contribution >= 0.6 is 0 Å². The average Bonchev–Trinajstić information content (AvgIpc) is 2.75. The summed E-state index contributed by atoms with van der Waals surface area (Å²) in [5.41, 5.74) is 1.34. The van der Waals surface area contributed by atoms with E-state index < -0.39 is 0 Å². The third-order valence-corrected chi connectivity index (χ3v) is 4.44. The van der Waals surface area contributed by atoms with Crippen LogP contribution in [0.15, 0.2) is 30.3 Å². The normalized spacial score (nSPS) is 31.4. The van der Waals surface area contributed by atoms with Crippen molar-refractivity contribution in [3.63, 3.8) is 0 Å². The first-order chi connectivity index (χ1) is 9.25. The van der Waals surface area contributed by atoms with Gasteiger partial charge in [-0.25, -0.2) is 0 Å². The van der Waals surface area contributed by atoms with E-state index in [1.54, 1.807) is 0 Å². The largest absolute Gasteiger partial charge is 0.299 e. The van der Waals surface area contributed by atoms with Gasteiger partial charge in [0.1, 0.15) is 5.78 Å². The fraction of sp³-hybridized carbons (Fsp3) is 0.562. The summed E-state index contributed by atoms with van der Waals surface area (Å²) in [6, 6.07) is 10.7. The summed E-state index contributed by atoms with van der Waals surface area (Å²) in [5, 5.41) is 1.93. The molecule has 1 saturated carbocycles. The molecule has 0 spiro atoms. The molecule has 102 valence electrons. The number of fused-ring (bicyclic) bond motifs is 1. The number of nitrogens with zero attached hydrogens (tertiary/aromatic N) is 1. The molecule has 0 amide bonds. The molecule has 1 aliphatic carbocycles. The van der Waals surface area contributed by atoms with Crippen LogP contribution in [0.4, 0.5) is 0 Å². The molecule has 0 bridgehead atoms. The standard InChI is InChI=1S/C16H21NO2/c1-17-13(11-10-12-6-3-2-4-7-12)16-14(18)8-5-9-15(16)19-17/h2-4,6-7,13,15-16H,5,8-11H2,1H3. The van der Waals surface area contributed by atoms with Gasteiger partial charge in [-0.2, -0.15) is 5.06 Å². The monoisotopic (exact) mass is 259 g/mol. The van der Waals surface area contributed by atoms with Crippen molar-refractivity contribution in [1.82, 2.24) is 5.06 Å². The number of hydroxylamine groups is 2. The fourth-order valence-corrected chi connectivity index (χ4v) is 3.45. The smallest absolute Gasteiger partial charge is 0.140 e. The number of benzene rings is 1. The van der Waals surface area contributed by atoms with E-state index in [-0.39, 0.29) is 18.1 Å². The highest BCUT2D eigenvalue weighted by Crippen LogP contribution is 2.36. The Labute approximate surface area is 114 Å². The van der Waals surface area contributed by atoms with Crippen LogP contribution < -0.4 is 0 Å². The quantitative estimate of drug-likeness (QED) is 0.835. The van der Waals surface area contributed by atoms with Crippen LogP contribution in [-0.2, 0) is 16.1 Å². The van der Waals surface area contributed by atoms with E-state index in [4.69, 9.17) is 4.84 Å². The first kappa shape index (κ1) is 12.8. The summed E-state index contributed by atoms with van der Waals surface area (Å²) < 4.78 is 0. The van der Waals surface area contributed by atoms with Crippen LogP contribution in [0.5, 0.6) is 0 Å². The maximum Gasteiger partial charge on any atom is 0.140 e. The first-order valence-electron chi connectivity index (χ1n) is 7.22. The van der Waals surface area contributed by atoms with Crippen molar-refractivity contribution >= 4 is 5.78 Å². The maximum absolute atomic E-state index is 12.1. The van der Waals surface area contributed by atoms with Gasteiger partial charge in [0.2, 0.25) is 0 Å². The molecule has 1 saturated heterocycles. The van der Waals surface area contributed by atoms with Gasteiger partial charge in [0.05, 0.1) is 12.0 Å². The SMILES string of the molecule is CN1OC2CCCC(=O)C2C1CCc1ccccc1.